The highest BCUT2D eigenvalue weighted by molar-refractivity contribution is 7.18. The third kappa shape index (κ3) is 4.73. The molecule has 0 bridgehead atoms. The number of hydrogen-bond acceptors (Lipinski definition) is 5. The summed E-state index contributed by atoms with van der Waals surface area (Å²) in [5.74, 6) is 1.95. The van der Waals surface area contributed by atoms with E-state index in [1.807, 2.05) is 31.2 Å². The highest BCUT2D eigenvalue weighted by Gasteiger charge is 2.23. The highest BCUT2D eigenvalue weighted by atomic mass is 32.1. The molecule has 3 aromatic rings. The van der Waals surface area contributed by atoms with E-state index in [1.54, 1.807) is 11.3 Å². The van der Waals surface area contributed by atoms with E-state index in [9.17, 15) is 9.59 Å². The summed E-state index contributed by atoms with van der Waals surface area (Å²) in [6.45, 7) is 5.11. The largest absolute Gasteiger partial charge is 0.492 e. The molecule has 1 atom stereocenters. The molecule has 4 rings (SSSR count). The number of nitrogens with one attached hydrogen (secondary N) is 2. The lowest BCUT2D eigenvalue weighted by Gasteiger charge is -2.17. The Labute approximate surface area is 179 Å². The maximum atomic E-state index is 12.6. The van der Waals surface area contributed by atoms with Gasteiger partial charge in [-0.3, -0.25) is 9.59 Å². The van der Waals surface area contributed by atoms with Gasteiger partial charge < -0.3 is 15.0 Å². The first kappa shape index (κ1) is 20.6. The number of hydrogen-bond donors (Lipinski definition) is 2. The second-order valence-corrected chi connectivity index (χ2v) is 9.14. The van der Waals surface area contributed by atoms with E-state index in [0.29, 0.717) is 31.3 Å². The van der Waals surface area contributed by atoms with Crippen LogP contribution in [-0.2, 0) is 24.1 Å². The van der Waals surface area contributed by atoms with Crippen molar-refractivity contribution >= 4 is 27.5 Å². The lowest BCUT2D eigenvalue weighted by molar-refractivity contribution is -0.121. The SMILES string of the molecule is Cc1cccc(OCCNC(=O)CCc2nc3sc4c(c3c(=O)[nH]2)CC[C@@H](C)C4)c1. The molecule has 2 N–H and O–H groups in total. The molecule has 2 heterocycles. The number of benzene rings is 1. The van der Waals surface area contributed by atoms with Gasteiger partial charge in [0.05, 0.1) is 11.9 Å². The number of thiophene rings is 1. The Hall–Kier alpha value is -2.67. The number of aromatic nitrogens is 2. The van der Waals surface area contributed by atoms with Crippen LogP contribution in [0.4, 0.5) is 0 Å². The third-order valence-electron chi connectivity index (χ3n) is 5.49. The third-order valence-corrected chi connectivity index (χ3v) is 6.63. The van der Waals surface area contributed by atoms with Crippen molar-refractivity contribution in [2.75, 3.05) is 13.2 Å². The number of aryl methyl sites for hydroxylation is 3. The summed E-state index contributed by atoms with van der Waals surface area (Å²) in [6.07, 6.45) is 3.79. The molecular formula is C23H27N3O3S. The number of nitrogens with zero attached hydrogens (tertiary/aromatic N) is 1. The lowest BCUT2D eigenvalue weighted by atomic mass is 9.89. The van der Waals surface area contributed by atoms with Gasteiger partial charge in [-0.15, -0.1) is 11.3 Å². The summed E-state index contributed by atoms with van der Waals surface area (Å²) < 4.78 is 5.64. The number of fused-ring (bicyclic) bond motifs is 3. The van der Waals surface area contributed by atoms with E-state index in [0.717, 1.165) is 40.8 Å². The lowest BCUT2D eigenvalue weighted by Crippen LogP contribution is -2.28. The highest BCUT2D eigenvalue weighted by Crippen LogP contribution is 2.35. The predicted molar refractivity (Wildman–Crippen MR) is 119 cm³/mol. The monoisotopic (exact) mass is 425 g/mol. The van der Waals surface area contributed by atoms with Crippen LogP contribution in [0.15, 0.2) is 29.1 Å². The van der Waals surface area contributed by atoms with Crippen molar-refractivity contribution in [2.45, 2.75) is 46.0 Å². The van der Waals surface area contributed by atoms with E-state index in [1.165, 1.54) is 10.4 Å². The van der Waals surface area contributed by atoms with Gasteiger partial charge in [-0.2, -0.15) is 0 Å². The van der Waals surface area contributed by atoms with Crippen LogP contribution in [0.5, 0.6) is 5.75 Å². The fraction of sp³-hybridized carbons (Fsp3) is 0.435. The summed E-state index contributed by atoms with van der Waals surface area (Å²) in [7, 11) is 0. The molecule has 0 aliphatic heterocycles. The van der Waals surface area contributed by atoms with Gasteiger partial charge in [-0.1, -0.05) is 19.1 Å². The van der Waals surface area contributed by atoms with Crippen LogP contribution in [0, 0.1) is 12.8 Å². The van der Waals surface area contributed by atoms with Crippen molar-refractivity contribution in [3.05, 3.63) is 56.4 Å². The van der Waals surface area contributed by atoms with Gasteiger partial charge in [0.25, 0.3) is 5.56 Å². The number of carbonyl (C=O) groups is 1. The maximum absolute atomic E-state index is 12.6. The molecule has 0 unspecified atom stereocenters. The molecule has 30 heavy (non-hydrogen) atoms. The summed E-state index contributed by atoms with van der Waals surface area (Å²) in [6, 6.07) is 7.81. The zero-order chi connectivity index (χ0) is 21.1. The zero-order valence-corrected chi connectivity index (χ0v) is 18.2. The average molecular weight is 426 g/mol. The van der Waals surface area contributed by atoms with E-state index >= 15 is 0 Å². The minimum atomic E-state index is -0.0788. The van der Waals surface area contributed by atoms with Gasteiger partial charge in [-0.05, 0) is 55.4 Å². The van der Waals surface area contributed by atoms with Gasteiger partial charge in [-0.25, -0.2) is 4.98 Å². The minimum absolute atomic E-state index is 0.0750. The first-order chi connectivity index (χ1) is 14.5. The van der Waals surface area contributed by atoms with Crippen LogP contribution in [0.2, 0.25) is 0 Å². The predicted octanol–water partition coefficient (Wildman–Crippen LogP) is 3.55. The Bertz CT molecular complexity index is 1120. The summed E-state index contributed by atoms with van der Waals surface area (Å²) in [5.41, 5.74) is 2.24. The molecule has 1 aliphatic rings. The first-order valence-electron chi connectivity index (χ1n) is 10.5. The Morgan fingerprint density at radius 2 is 2.27 bits per heavy atom. The van der Waals surface area contributed by atoms with Crippen molar-refractivity contribution in [1.29, 1.82) is 0 Å². The van der Waals surface area contributed by atoms with Crippen molar-refractivity contribution in [2.24, 2.45) is 5.92 Å². The molecule has 1 amide bonds. The molecule has 1 aromatic carbocycles. The molecule has 0 spiro atoms. The fourth-order valence-electron chi connectivity index (χ4n) is 3.90. The van der Waals surface area contributed by atoms with Crippen molar-refractivity contribution in [3.8, 4) is 5.75 Å². The number of ether oxygens (including phenoxy) is 1. The molecule has 158 valence electrons. The average Bonchev–Trinajstić information content (AvgIpc) is 3.07. The fourth-order valence-corrected chi connectivity index (χ4v) is 5.30. The van der Waals surface area contributed by atoms with E-state index in [-0.39, 0.29) is 17.9 Å². The number of rotatable bonds is 7. The smallest absolute Gasteiger partial charge is 0.259 e. The quantitative estimate of drug-likeness (QED) is 0.567. The van der Waals surface area contributed by atoms with Gasteiger partial charge in [0.1, 0.15) is 23.0 Å². The second-order valence-electron chi connectivity index (χ2n) is 8.06. The van der Waals surface area contributed by atoms with Crippen LogP contribution in [-0.4, -0.2) is 29.0 Å². The molecule has 0 saturated heterocycles. The normalized spacial score (nSPS) is 15.7. The maximum Gasteiger partial charge on any atom is 0.259 e. The summed E-state index contributed by atoms with van der Waals surface area (Å²) >= 11 is 1.63. The number of H-pyrrole nitrogens is 1. The molecule has 1 aliphatic carbocycles. The van der Waals surface area contributed by atoms with Gasteiger partial charge in [0.2, 0.25) is 5.91 Å². The van der Waals surface area contributed by atoms with E-state index in [2.05, 4.69) is 22.2 Å². The van der Waals surface area contributed by atoms with E-state index in [4.69, 9.17) is 4.74 Å². The molecule has 0 fully saturated rings. The molecule has 6 nitrogen and oxygen atoms in total. The summed E-state index contributed by atoms with van der Waals surface area (Å²) in [5, 5.41) is 3.61. The second kappa shape index (κ2) is 9.00. The Morgan fingerprint density at radius 3 is 3.10 bits per heavy atom. The topological polar surface area (TPSA) is 84.1 Å². The van der Waals surface area contributed by atoms with Crippen LogP contribution < -0.4 is 15.6 Å². The molecular weight excluding hydrogens is 398 g/mol. The van der Waals surface area contributed by atoms with Crippen LogP contribution >= 0.6 is 11.3 Å². The standard InChI is InChI=1S/C23H27N3O3S/c1-14-4-3-5-16(12-14)29-11-10-24-20(27)9-8-19-25-22(28)21-17-7-6-15(2)13-18(17)30-23(21)26-19/h3-5,12,15H,6-11,13H2,1-2H3,(H,24,27)(H,25,26,28)/t15-/m1/s1. The van der Waals surface area contributed by atoms with Crippen LogP contribution in [0.3, 0.4) is 0 Å². The Balaban J connectivity index is 1.30. The van der Waals surface area contributed by atoms with Gasteiger partial charge in [0, 0.05) is 17.7 Å². The number of aromatic amines is 1. The minimum Gasteiger partial charge on any atom is -0.492 e. The molecule has 2 aromatic heterocycles. The molecule has 0 radical (unpaired) electrons. The van der Waals surface area contributed by atoms with Crippen molar-refractivity contribution in [3.63, 3.8) is 0 Å². The Kier molecular flexibility index (Phi) is 6.18. The van der Waals surface area contributed by atoms with Crippen molar-refractivity contribution < 1.29 is 9.53 Å². The molecule has 0 saturated carbocycles. The van der Waals surface area contributed by atoms with Crippen LogP contribution in [0.25, 0.3) is 10.2 Å². The summed E-state index contributed by atoms with van der Waals surface area (Å²) in [4.78, 5) is 34.4. The van der Waals surface area contributed by atoms with Gasteiger partial charge in [0.15, 0.2) is 0 Å². The first-order valence-corrected chi connectivity index (χ1v) is 11.3. The van der Waals surface area contributed by atoms with Gasteiger partial charge >= 0.3 is 0 Å². The van der Waals surface area contributed by atoms with E-state index < -0.39 is 0 Å². The Morgan fingerprint density at radius 1 is 1.40 bits per heavy atom. The number of carbonyl (C=O) groups excluding carboxylic acids is 1. The van der Waals surface area contributed by atoms with Crippen LogP contribution in [0.1, 0.15) is 41.6 Å². The van der Waals surface area contributed by atoms with Crippen molar-refractivity contribution in [1.82, 2.24) is 15.3 Å². The number of amides is 1. The zero-order valence-electron chi connectivity index (χ0n) is 17.4. The molecule has 7 heteroatoms.